The molecule has 5 fully saturated rings. The van der Waals surface area contributed by atoms with Crippen LogP contribution in [0, 0.1) is 56.7 Å². The number of ether oxygens (including phenoxy) is 3. The van der Waals surface area contributed by atoms with Gasteiger partial charge in [0.2, 0.25) is 0 Å². The van der Waals surface area contributed by atoms with Crippen LogP contribution in [0.15, 0.2) is 12.2 Å². The lowest BCUT2D eigenvalue weighted by atomic mass is 9.32. The van der Waals surface area contributed by atoms with Crippen LogP contribution in [0.1, 0.15) is 126 Å². The molecule has 10 atom stereocenters. The van der Waals surface area contributed by atoms with E-state index in [-0.39, 0.29) is 63.9 Å². The lowest BCUT2D eigenvalue weighted by molar-refractivity contribution is -0.252. The molecule has 5 rings (SSSR count). The number of rotatable bonds is 7. The molecule has 5 aliphatic rings. The van der Waals surface area contributed by atoms with E-state index in [1.165, 1.54) is 44.8 Å². The summed E-state index contributed by atoms with van der Waals surface area (Å²) in [6.45, 7) is 21.3. The molecule has 242 valence electrons. The van der Waals surface area contributed by atoms with Gasteiger partial charge in [-0.25, -0.2) is 0 Å². The molecule has 6 nitrogen and oxygen atoms in total. The van der Waals surface area contributed by atoms with Gasteiger partial charge in [0.05, 0.1) is 26.6 Å². The van der Waals surface area contributed by atoms with Crippen molar-refractivity contribution in [3.63, 3.8) is 0 Å². The van der Waals surface area contributed by atoms with Crippen LogP contribution in [-0.2, 0) is 28.6 Å². The molecule has 0 saturated heterocycles. The van der Waals surface area contributed by atoms with Gasteiger partial charge in [0.25, 0.3) is 0 Å². The largest absolute Gasteiger partial charge is 0.469 e. The molecule has 0 aromatic heterocycles. The van der Waals surface area contributed by atoms with Gasteiger partial charge < -0.3 is 14.2 Å². The fourth-order valence-corrected chi connectivity index (χ4v) is 12.5. The van der Waals surface area contributed by atoms with Gasteiger partial charge in [-0.2, -0.15) is 0 Å². The first-order valence-electron chi connectivity index (χ1n) is 17.1. The van der Waals surface area contributed by atoms with Crippen molar-refractivity contribution < 1.29 is 28.6 Å². The Labute approximate surface area is 260 Å². The molecule has 10 unspecified atom stereocenters. The number of carbonyl (C=O) groups excluding carboxylic acids is 3. The summed E-state index contributed by atoms with van der Waals surface area (Å²) < 4.78 is 16.6. The van der Waals surface area contributed by atoms with Crippen molar-refractivity contribution in [2.75, 3.05) is 13.7 Å². The Morgan fingerprint density at radius 3 is 2.12 bits per heavy atom. The molecule has 5 saturated carbocycles. The molecule has 0 amide bonds. The Kier molecular flexibility index (Phi) is 8.47. The van der Waals surface area contributed by atoms with Gasteiger partial charge in [-0.15, -0.1) is 0 Å². The van der Waals surface area contributed by atoms with E-state index in [1.807, 2.05) is 0 Å². The topological polar surface area (TPSA) is 78.9 Å². The number of fused-ring (bicyclic) bond motifs is 7. The van der Waals surface area contributed by atoms with E-state index >= 15 is 0 Å². The van der Waals surface area contributed by atoms with Gasteiger partial charge in [0.1, 0.15) is 6.10 Å². The summed E-state index contributed by atoms with van der Waals surface area (Å²) in [7, 11) is 1.35. The van der Waals surface area contributed by atoms with E-state index in [1.54, 1.807) is 6.92 Å². The average Bonchev–Trinajstić information content (AvgIpc) is 3.32. The highest BCUT2D eigenvalue weighted by Crippen LogP contribution is 2.77. The Bertz CT molecular complexity index is 1140. The van der Waals surface area contributed by atoms with Crippen molar-refractivity contribution in [3.8, 4) is 0 Å². The molecule has 0 bridgehead atoms. The Hall–Kier alpha value is -1.85. The first-order chi connectivity index (χ1) is 20.1. The summed E-state index contributed by atoms with van der Waals surface area (Å²) in [6, 6.07) is 0. The highest BCUT2D eigenvalue weighted by molar-refractivity contribution is 5.77. The summed E-state index contributed by atoms with van der Waals surface area (Å²) in [5.41, 5.74) is 1.91. The molecule has 0 aromatic rings. The minimum Gasteiger partial charge on any atom is -0.469 e. The van der Waals surface area contributed by atoms with Crippen LogP contribution in [0.3, 0.4) is 0 Å². The van der Waals surface area contributed by atoms with Crippen molar-refractivity contribution in [2.45, 2.75) is 132 Å². The van der Waals surface area contributed by atoms with Crippen molar-refractivity contribution in [1.29, 1.82) is 0 Å². The molecule has 6 heteroatoms. The molecule has 43 heavy (non-hydrogen) atoms. The van der Waals surface area contributed by atoms with Crippen LogP contribution in [0.4, 0.5) is 0 Å². The summed E-state index contributed by atoms with van der Waals surface area (Å²) in [5, 5.41) is 0. The molecule has 0 aliphatic heterocycles. The predicted molar refractivity (Wildman–Crippen MR) is 167 cm³/mol. The zero-order chi connectivity index (χ0) is 31.6. The maximum Gasteiger partial charge on any atom is 0.306 e. The van der Waals surface area contributed by atoms with E-state index in [2.05, 4.69) is 48.1 Å². The van der Waals surface area contributed by atoms with Gasteiger partial charge in [0.15, 0.2) is 0 Å². The van der Waals surface area contributed by atoms with Gasteiger partial charge in [-0.1, -0.05) is 46.8 Å². The van der Waals surface area contributed by atoms with Crippen LogP contribution in [0.5, 0.6) is 0 Å². The molecular formula is C37H58O6. The van der Waals surface area contributed by atoms with Crippen LogP contribution in [0.2, 0.25) is 0 Å². The Morgan fingerprint density at radius 2 is 1.47 bits per heavy atom. The van der Waals surface area contributed by atoms with E-state index in [9.17, 15) is 14.4 Å². The summed E-state index contributed by atoms with van der Waals surface area (Å²) in [5.74, 6) is 1.87. The monoisotopic (exact) mass is 598 g/mol. The van der Waals surface area contributed by atoms with E-state index in [0.29, 0.717) is 36.2 Å². The molecule has 5 aliphatic carbocycles. The number of hydrogen-bond donors (Lipinski definition) is 0. The molecular weight excluding hydrogens is 540 g/mol. The first kappa shape index (κ1) is 32.5. The summed E-state index contributed by atoms with van der Waals surface area (Å²) in [6.07, 6.45) is 11.6. The van der Waals surface area contributed by atoms with Gasteiger partial charge in [0, 0.05) is 17.8 Å². The van der Waals surface area contributed by atoms with Crippen molar-refractivity contribution in [1.82, 2.24) is 0 Å². The molecule has 0 heterocycles. The normalized spacial score (nSPS) is 44.6. The standard InChI is InChI=1S/C37H58O6/c1-23(2)25-14-19-37(22-42-31(40)13-12-30(39)41-9)21-20-35(7)26(32(25)37)10-11-28-34(6)17-16-29(43-24(3)38)33(4,5)27(34)15-18-36(28,35)8/h25-29,32H,1,10-22H2,2-9H3. The molecule has 0 aromatic carbocycles. The van der Waals surface area contributed by atoms with Crippen LogP contribution in [-0.4, -0.2) is 37.7 Å². The highest BCUT2D eigenvalue weighted by atomic mass is 16.5. The molecule has 0 spiro atoms. The number of allylic oxidation sites excluding steroid dienone is 1. The second-order valence-electron chi connectivity index (χ2n) is 16.7. The highest BCUT2D eigenvalue weighted by Gasteiger charge is 2.71. The third-order valence-electron chi connectivity index (χ3n) is 14.8. The van der Waals surface area contributed by atoms with Crippen molar-refractivity contribution >= 4 is 17.9 Å². The van der Waals surface area contributed by atoms with Crippen molar-refractivity contribution in [2.24, 2.45) is 56.7 Å². The lowest BCUT2D eigenvalue weighted by Gasteiger charge is -2.73. The number of esters is 3. The third-order valence-corrected chi connectivity index (χ3v) is 14.8. The minimum absolute atomic E-state index is 0.000188. The van der Waals surface area contributed by atoms with Gasteiger partial charge in [-0.05, 0) is 117 Å². The minimum atomic E-state index is -0.374. The summed E-state index contributed by atoms with van der Waals surface area (Å²) >= 11 is 0. The van der Waals surface area contributed by atoms with Crippen LogP contribution >= 0.6 is 0 Å². The number of methoxy groups -OCH3 is 1. The zero-order valence-electron chi connectivity index (χ0n) is 28.3. The smallest absolute Gasteiger partial charge is 0.306 e. The first-order valence-corrected chi connectivity index (χ1v) is 17.1. The number of carbonyl (C=O) groups is 3. The van der Waals surface area contributed by atoms with E-state index < -0.39 is 0 Å². The Morgan fingerprint density at radius 1 is 0.767 bits per heavy atom. The van der Waals surface area contributed by atoms with Crippen LogP contribution < -0.4 is 0 Å². The van der Waals surface area contributed by atoms with Gasteiger partial charge in [-0.3, -0.25) is 14.4 Å². The predicted octanol–water partition coefficient (Wildman–Crippen LogP) is 8.07. The third kappa shape index (κ3) is 5.00. The maximum absolute atomic E-state index is 12.7. The van der Waals surface area contributed by atoms with Crippen LogP contribution in [0.25, 0.3) is 0 Å². The van der Waals surface area contributed by atoms with Crippen molar-refractivity contribution in [3.05, 3.63) is 12.2 Å². The summed E-state index contributed by atoms with van der Waals surface area (Å²) in [4.78, 5) is 36.3. The second kappa shape index (κ2) is 11.2. The second-order valence-corrected chi connectivity index (χ2v) is 16.7. The lowest BCUT2D eigenvalue weighted by Crippen LogP contribution is -2.67. The van der Waals surface area contributed by atoms with E-state index in [4.69, 9.17) is 14.2 Å². The van der Waals surface area contributed by atoms with Gasteiger partial charge >= 0.3 is 17.9 Å². The van der Waals surface area contributed by atoms with E-state index in [0.717, 1.165) is 32.1 Å². The SMILES string of the molecule is C=C(C)C1CCC2(COC(=O)CCC(=O)OC)CCC3(C)C(CCC4C5(C)CCC(OC(C)=O)C(C)(C)C5CCC43C)C12. The zero-order valence-corrected chi connectivity index (χ0v) is 28.3. The fourth-order valence-electron chi connectivity index (χ4n) is 12.5. The quantitative estimate of drug-likeness (QED) is 0.168. The Balaban J connectivity index is 1.42. The average molecular weight is 599 g/mol. The number of hydrogen-bond acceptors (Lipinski definition) is 6. The molecule has 0 N–H and O–H groups in total. The fraction of sp³-hybridized carbons (Fsp3) is 0.865. The molecule has 0 radical (unpaired) electrons. The maximum atomic E-state index is 12.7.